The van der Waals surface area contributed by atoms with E-state index in [4.69, 9.17) is 14.2 Å². The van der Waals surface area contributed by atoms with E-state index in [-0.39, 0.29) is 39.1 Å². The van der Waals surface area contributed by atoms with E-state index >= 15 is 0 Å². The Morgan fingerprint density at radius 2 is 1.56 bits per heavy atom. The van der Waals surface area contributed by atoms with E-state index < -0.39 is 17.1 Å². The van der Waals surface area contributed by atoms with Crippen molar-refractivity contribution in [2.75, 3.05) is 21.3 Å². The molecule has 8 nitrogen and oxygen atoms in total. The maximum absolute atomic E-state index is 13.3. The molecular weight excluding hydrogens is 352 g/mol. The van der Waals surface area contributed by atoms with Gasteiger partial charge in [0.2, 0.25) is 5.78 Å². The highest BCUT2D eigenvalue weighted by atomic mass is 16.5. The van der Waals surface area contributed by atoms with Gasteiger partial charge in [-0.15, -0.1) is 0 Å². The fraction of sp³-hybridized carbons (Fsp3) is 0.158. The summed E-state index contributed by atoms with van der Waals surface area (Å²) in [5.41, 5.74) is -0.0353. The van der Waals surface area contributed by atoms with E-state index in [0.717, 1.165) is 0 Å². The predicted molar refractivity (Wildman–Crippen MR) is 95.3 cm³/mol. The Kier molecular flexibility index (Phi) is 3.69. The number of benzene rings is 2. The Hall–Kier alpha value is -3.68. The molecule has 0 amide bonds. The average molecular weight is 366 g/mol. The molecule has 8 heteroatoms. The first-order valence-corrected chi connectivity index (χ1v) is 7.95. The molecule has 1 N–H and O–H groups in total. The fourth-order valence-corrected chi connectivity index (χ4v) is 3.37. The number of methoxy groups -OCH3 is 3. The molecule has 0 saturated heterocycles. The Labute approximate surface area is 152 Å². The number of aromatic nitrogens is 2. The van der Waals surface area contributed by atoms with Gasteiger partial charge in [0.15, 0.2) is 5.78 Å². The van der Waals surface area contributed by atoms with Crippen LogP contribution in [0.2, 0.25) is 0 Å². The van der Waals surface area contributed by atoms with Gasteiger partial charge in [-0.05, 0) is 12.1 Å². The first-order valence-electron chi connectivity index (χ1n) is 7.95. The van der Waals surface area contributed by atoms with Crippen molar-refractivity contribution in [1.82, 2.24) is 10.2 Å². The molecule has 0 spiro atoms. The van der Waals surface area contributed by atoms with Gasteiger partial charge in [-0.1, -0.05) is 0 Å². The fourth-order valence-electron chi connectivity index (χ4n) is 3.37. The van der Waals surface area contributed by atoms with Gasteiger partial charge in [0.05, 0.1) is 49.4 Å². The standard InChI is InChI=1S/C19H14N2O6/c1-25-8-4-10-14(13(5-8)26-2)17(23)15-11(16(10)22)6-9-12(18(15)27-3)7-20-21-19(9)24/h4-7H,1-3H3,(H,21,24). The number of fused-ring (bicyclic) bond motifs is 3. The van der Waals surface area contributed by atoms with E-state index in [0.29, 0.717) is 11.1 Å². The van der Waals surface area contributed by atoms with Crippen LogP contribution in [0.4, 0.5) is 0 Å². The summed E-state index contributed by atoms with van der Waals surface area (Å²) < 4.78 is 15.9. The zero-order valence-corrected chi connectivity index (χ0v) is 14.7. The highest BCUT2D eigenvalue weighted by molar-refractivity contribution is 6.32. The number of nitrogens with zero attached hydrogens (tertiary/aromatic N) is 1. The van der Waals surface area contributed by atoms with Crippen molar-refractivity contribution >= 4 is 22.3 Å². The SMILES string of the molecule is COc1cc(OC)c2c(c1)C(=O)c1cc3c(=O)[nH]ncc3c(OC)c1C2=O. The van der Waals surface area contributed by atoms with Gasteiger partial charge < -0.3 is 14.2 Å². The topological polar surface area (TPSA) is 108 Å². The van der Waals surface area contributed by atoms with E-state index in [1.54, 1.807) is 0 Å². The summed E-state index contributed by atoms with van der Waals surface area (Å²) in [5, 5.41) is 6.63. The molecule has 0 atom stereocenters. The summed E-state index contributed by atoms with van der Waals surface area (Å²) >= 11 is 0. The number of aromatic amines is 1. The maximum Gasteiger partial charge on any atom is 0.272 e. The molecule has 1 heterocycles. The van der Waals surface area contributed by atoms with Crippen molar-refractivity contribution in [1.29, 1.82) is 0 Å². The van der Waals surface area contributed by atoms with Crippen LogP contribution in [0.1, 0.15) is 31.8 Å². The molecule has 0 bridgehead atoms. The van der Waals surface area contributed by atoms with Crippen LogP contribution in [0.25, 0.3) is 10.8 Å². The van der Waals surface area contributed by atoms with Crippen LogP contribution in [-0.2, 0) is 0 Å². The number of rotatable bonds is 3. The third-order valence-corrected chi connectivity index (χ3v) is 4.60. The van der Waals surface area contributed by atoms with E-state index in [1.807, 2.05) is 0 Å². The molecule has 1 aromatic heterocycles. The first-order chi connectivity index (χ1) is 13.0. The van der Waals surface area contributed by atoms with E-state index in [2.05, 4.69) is 10.2 Å². The van der Waals surface area contributed by atoms with Gasteiger partial charge in [0.1, 0.15) is 17.2 Å². The van der Waals surface area contributed by atoms with Gasteiger partial charge in [0, 0.05) is 17.2 Å². The monoisotopic (exact) mass is 366 g/mol. The Morgan fingerprint density at radius 3 is 2.22 bits per heavy atom. The molecule has 0 saturated carbocycles. The predicted octanol–water partition coefficient (Wildman–Crippen LogP) is 1.72. The van der Waals surface area contributed by atoms with Crippen LogP contribution in [0.15, 0.2) is 29.2 Å². The number of H-pyrrole nitrogens is 1. The summed E-state index contributed by atoms with van der Waals surface area (Å²) in [6.07, 6.45) is 1.38. The third kappa shape index (κ3) is 2.23. The molecular formula is C19H14N2O6. The highest BCUT2D eigenvalue weighted by Crippen LogP contribution is 2.41. The quantitative estimate of drug-likeness (QED) is 0.588. The molecule has 0 unspecified atom stereocenters. The summed E-state index contributed by atoms with van der Waals surface area (Å²) in [5.74, 6) is -0.126. The molecule has 0 fully saturated rings. The van der Waals surface area contributed by atoms with Gasteiger partial charge in [-0.25, -0.2) is 5.10 Å². The lowest BCUT2D eigenvalue weighted by Crippen LogP contribution is -2.24. The lowest BCUT2D eigenvalue weighted by atomic mass is 9.81. The number of hydrogen-bond acceptors (Lipinski definition) is 7. The van der Waals surface area contributed by atoms with Crippen LogP contribution < -0.4 is 19.8 Å². The molecule has 4 rings (SSSR count). The zero-order valence-electron chi connectivity index (χ0n) is 14.7. The Balaban J connectivity index is 2.13. The molecule has 1 aliphatic carbocycles. The number of nitrogens with one attached hydrogen (secondary N) is 1. The van der Waals surface area contributed by atoms with Crippen LogP contribution in [0.5, 0.6) is 17.2 Å². The van der Waals surface area contributed by atoms with Gasteiger partial charge in [-0.3, -0.25) is 14.4 Å². The maximum atomic E-state index is 13.3. The summed E-state index contributed by atoms with van der Waals surface area (Å²) in [6.45, 7) is 0. The van der Waals surface area contributed by atoms with Crippen LogP contribution >= 0.6 is 0 Å². The molecule has 27 heavy (non-hydrogen) atoms. The minimum atomic E-state index is -0.483. The largest absolute Gasteiger partial charge is 0.497 e. The van der Waals surface area contributed by atoms with Crippen molar-refractivity contribution in [3.05, 3.63) is 57.0 Å². The van der Waals surface area contributed by atoms with Crippen LogP contribution in [-0.4, -0.2) is 43.1 Å². The second-order valence-corrected chi connectivity index (χ2v) is 5.90. The number of ketones is 2. The molecule has 2 aromatic carbocycles. The van der Waals surface area contributed by atoms with E-state index in [9.17, 15) is 14.4 Å². The average Bonchev–Trinajstić information content (AvgIpc) is 2.69. The molecule has 3 aromatic rings. The number of ether oxygens (including phenoxy) is 3. The van der Waals surface area contributed by atoms with Crippen molar-refractivity contribution < 1.29 is 23.8 Å². The molecule has 0 aliphatic heterocycles. The van der Waals surface area contributed by atoms with E-state index in [1.165, 1.54) is 45.7 Å². The zero-order chi connectivity index (χ0) is 19.3. The molecule has 136 valence electrons. The lowest BCUT2D eigenvalue weighted by molar-refractivity contribution is 0.0974. The highest BCUT2D eigenvalue weighted by Gasteiger charge is 2.36. The summed E-state index contributed by atoms with van der Waals surface area (Å²) in [4.78, 5) is 38.6. The minimum absolute atomic E-state index is 0.0818. The van der Waals surface area contributed by atoms with Gasteiger partial charge >= 0.3 is 0 Å². The van der Waals surface area contributed by atoms with Crippen LogP contribution in [0, 0.1) is 0 Å². The van der Waals surface area contributed by atoms with Crippen molar-refractivity contribution in [2.24, 2.45) is 0 Å². The Morgan fingerprint density at radius 1 is 0.815 bits per heavy atom. The normalized spacial score (nSPS) is 12.6. The first kappa shape index (κ1) is 16.8. The van der Waals surface area contributed by atoms with Crippen LogP contribution in [0.3, 0.4) is 0 Å². The molecule has 1 aliphatic rings. The smallest absolute Gasteiger partial charge is 0.272 e. The number of hydrogen-bond donors (Lipinski definition) is 1. The Bertz CT molecular complexity index is 1200. The number of carbonyl (C=O) groups is 2. The third-order valence-electron chi connectivity index (χ3n) is 4.60. The van der Waals surface area contributed by atoms with Gasteiger partial charge in [0.25, 0.3) is 5.56 Å². The summed E-state index contributed by atoms with van der Waals surface area (Å²) in [7, 11) is 4.23. The number of carbonyl (C=O) groups excluding carboxylic acids is 2. The van der Waals surface area contributed by atoms with Gasteiger partial charge in [-0.2, -0.15) is 5.10 Å². The lowest BCUT2D eigenvalue weighted by Gasteiger charge is -2.23. The summed E-state index contributed by atoms with van der Waals surface area (Å²) in [6, 6.07) is 4.41. The van der Waals surface area contributed by atoms with Crippen molar-refractivity contribution in [2.45, 2.75) is 0 Å². The second-order valence-electron chi connectivity index (χ2n) is 5.90. The minimum Gasteiger partial charge on any atom is -0.497 e. The van der Waals surface area contributed by atoms with Crippen molar-refractivity contribution in [3.8, 4) is 17.2 Å². The second kappa shape index (κ2) is 5.94. The molecule has 0 radical (unpaired) electrons. The van der Waals surface area contributed by atoms with Crippen molar-refractivity contribution in [3.63, 3.8) is 0 Å².